The highest BCUT2D eigenvalue weighted by atomic mass is 32.2. The van der Waals surface area contributed by atoms with Crippen molar-refractivity contribution < 1.29 is 17.6 Å². The lowest BCUT2D eigenvalue weighted by molar-refractivity contribution is 0.103. The maximum atomic E-state index is 13.4. The molecule has 0 unspecified atom stereocenters. The number of carbonyl (C=O) groups excluding carboxylic acids is 1. The summed E-state index contributed by atoms with van der Waals surface area (Å²) < 4.78 is 39.0. The molecule has 0 heterocycles. The van der Waals surface area contributed by atoms with Crippen molar-refractivity contribution >= 4 is 21.5 Å². The van der Waals surface area contributed by atoms with Gasteiger partial charge in [-0.2, -0.15) is 0 Å². The first-order valence-corrected chi connectivity index (χ1v) is 7.98. The van der Waals surface area contributed by atoms with Crippen LogP contribution >= 0.6 is 0 Å². The van der Waals surface area contributed by atoms with Crippen molar-refractivity contribution in [1.29, 1.82) is 0 Å². The number of carbonyl (C=O) groups is 1. The zero-order valence-corrected chi connectivity index (χ0v) is 12.2. The zero-order valence-electron chi connectivity index (χ0n) is 11.3. The molecule has 0 aliphatic carbocycles. The molecule has 110 valence electrons. The second-order valence-corrected chi connectivity index (χ2v) is 6.40. The molecule has 0 saturated carbocycles. The highest BCUT2D eigenvalue weighted by molar-refractivity contribution is 7.92. The first kappa shape index (κ1) is 15.2. The molecular formula is C15H14FNO3S. The van der Waals surface area contributed by atoms with Gasteiger partial charge in [-0.15, -0.1) is 0 Å². The number of anilines is 1. The maximum Gasteiger partial charge on any atom is 0.232 e. The standard InChI is InChI=1S/C15H14FNO3S/c1-2-21(19,20)17-14-9-8-12(16)10-13(14)15(18)11-6-4-3-5-7-11/h3-10,17H,2H2,1H3. The van der Waals surface area contributed by atoms with Gasteiger partial charge in [0.2, 0.25) is 10.0 Å². The van der Waals surface area contributed by atoms with Crippen molar-refractivity contribution in [2.75, 3.05) is 10.5 Å². The summed E-state index contributed by atoms with van der Waals surface area (Å²) in [5.74, 6) is -1.18. The fraction of sp³-hybridized carbons (Fsp3) is 0.133. The molecule has 4 nitrogen and oxygen atoms in total. The Hall–Kier alpha value is -2.21. The van der Waals surface area contributed by atoms with Crippen molar-refractivity contribution in [2.24, 2.45) is 0 Å². The van der Waals surface area contributed by atoms with Crippen LogP contribution in [0.3, 0.4) is 0 Å². The third-order valence-corrected chi connectivity index (χ3v) is 4.20. The summed E-state index contributed by atoms with van der Waals surface area (Å²) in [7, 11) is -3.55. The van der Waals surface area contributed by atoms with Crippen molar-refractivity contribution in [3.8, 4) is 0 Å². The van der Waals surface area contributed by atoms with Crippen LogP contribution in [0, 0.1) is 5.82 Å². The first-order chi connectivity index (χ1) is 9.93. The number of ketones is 1. The minimum Gasteiger partial charge on any atom is -0.289 e. The Kier molecular flexibility index (Phi) is 4.37. The largest absolute Gasteiger partial charge is 0.289 e. The van der Waals surface area contributed by atoms with E-state index in [1.54, 1.807) is 30.3 Å². The smallest absolute Gasteiger partial charge is 0.232 e. The van der Waals surface area contributed by atoms with Crippen molar-refractivity contribution in [2.45, 2.75) is 6.92 Å². The Morgan fingerprint density at radius 3 is 2.43 bits per heavy atom. The summed E-state index contributed by atoms with van der Waals surface area (Å²) in [4.78, 5) is 12.4. The summed E-state index contributed by atoms with van der Waals surface area (Å²) in [6.07, 6.45) is 0. The lowest BCUT2D eigenvalue weighted by atomic mass is 10.0. The highest BCUT2D eigenvalue weighted by Gasteiger charge is 2.17. The van der Waals surface area contributed by atoms with Gasteiger partial charge in [0, 0.05) is 11.1 Å². The summed E-state index contributed by atoms with van der Waals surface area (Å²) in [5.41, 5.74) is 0.422. The molecule has 2 aromatic carbocycles. The van der Waals surface area contributed by atoms with E-state index in [0.717, 1.165) is 12.1 Å². The third-order valence-electron chi connectivity index (χ3n) is 2.91. The Bertz CT molecular complexity index is 758. The second-order valence-electron chi connectivity index (χ2n) is 4.39. The van der Waals surface area contributed by atoms with E-state index in [2.05, 4.69) is 4.72 Å². The lowest BCUT2D eigenvalue weighted by Crippen LogP contribution is -2.17. The molecule has 0 saturated heterocycles. The minimum atomic E-state index is -3.55. The topological polar surface area (TPSA) is 63.2 Å². The van der Waals surface area contributed by atoms with Gasteiger partial charge < -0.3 is 0 Å². The summed E-state index contributed by atoms with van der Waals surface area (Å²) in [6, 6.07) is 11.7. The second kappa shape index (κ2) is 6.05. The van der Waals surface area contributed by atoms with Crippen LogP contribution in [-0.4, -0.2) is 20.0 Å². The molecule has 2 aromatic rings. The van der Waals surface area contributed by atoms with Crippen LogP contribution in [-0.2, 0) is 10.0 Å². The quantitative estimate of drug-likeness (QED) is 0.864. The van der Waals surface area contributed by atoms with Gasteiger partial charge in [-0.1, -0.05) is 30.3 Å². The van der Waals surface area contributed by atoms with Crippen LogP contribution in [0.2, 0.25) is 0 Å². The fourth-order valence-corrected chi connectivity index (χ4v) is 2.44. The number of hydrogen-bond acceptors (Lipinski definition) is 3. The van der Waals surface area contributed by atoms with Gasteiger partial charge >= 0.3 is 0 Å². The highest BCUT2D eigenvalue weighted by Crippen LogP contribution is 2.22. The third kappa shape index (κ3) is 3.66. The first-order valence-electron chi connectivity index (χ1n) is 6.33. The van der Waals surface area contributed by atoms with E-state index < -0.39 is 21.6 Å². The number of nitrogens with one attached hydrogen (secondary N) is 1. The van der Waals surface area contributed by atoms with E-state index in [1.165, 1.54) is 13.0 Å². The van der Waals surface area contributed by atoms with Gasteiger partial charge in [0.1, 0.15) is 5.82 Å². The maximum absolute atomic E-state index is 13.4. The Balaban J connectivity index is 2.47. The van der Waals surface area contributed by atoms with Crippen LogP contribution in [0.25, 0.3) is 0 Å². The van der Waals surface area contributed by atoms with Crippen LogP contribution in [0.1, 0.15) is 22.8 Å². The molecule has 0 amide bonds. The Labute approximate surface area is 122 Å². The monoisotopic (exact) mass is 307 g/mol. The van der Waals surface area contributed by atoms with Gasteiger partial charge in [0.15, 0.2) is 5.78 Å². The van der Waals surface area contributed by atoms with E-state index in [0.29, 0.717) is 5.56 Å². The molecule has 0 radical (unpaired) electrons. The summed E-state index contributed by atoms with van der Waals surface area (Å²) in [5, 5.41) is 0. The van der Waals surface area contributed by atoms with Crippen molar-refractivity contribution in [3.63, 3.8) is 0 Å². The number of rotatable bonds is 5. The average molecular weight is 307 g/mol. The SMILES string of the molecule is CCS(=O)(=O)Nc1ccc(F)cc1C(=O)c1ccccc1. The molecule has 2 rings (SSSR count). The predicted octanol–water partition coefficient (Wildman–Crippen LogP) is 2.82. The van der Waals surface area contributed by atoms with Gasteiger partial charge in [-0.05, 0) is 25.1 Å². The normalized spacial score (nSPS) is 11.1. The van der Waals surface area contributed by atoms with E-state index >= 15 is 0 Å². The molecule has 0 aliphatic heterocycles. The molecule has 1 N–H and O–H groups in total. The molecule has 0 bridgehead atoms. The van der Waals surface area contributed by atoms with Gasteiger partial charge in [0.25, 0.3) is 0 Å². The fourth-order valence-electron chi connectivity index (χ4n) is 1.78. The van der Waals surface area contributed by atoms with Crippen molar-refractivity contribution in [3.05, 3.63) is 65.5 Å². The Morgan fingerprint density at radius 2 is 1.81 bits per heavy atom. The van der Waals surface area contributed by atoms with Crippen LogP contribution in [0.4, 0.5) is 10.1 Å². The Morgan fingerprint density at radius 1 is 1.14 bits per heavy atom. The van der Waals surface area contributed by atoms with Crippen LogP contribution in [0.5, 0.6) is 0 Å². The number of benzene rings is 2. The van der Waals surface area contributed by atoms with Gasteiger partial charge in [-0.25, -0.2) is 12.8 Å². The van der Waals surface area contributed by atoms with Crippen LogP contribution in [0.15, 0.2) is 48.5 Å². The molecule has 21 heavy (non-hydrogen) atoms. The minimum absolute atomic E-state index is 0.0155. The molecule has 6 heteroatoms. The molecule has 0 spiro atoms. The van der Waals surface area contributed by atoms with Gasteiger partial charge in [0.05, 0.1) is 11.4 Å². The van der Waals surface area contributed by atoms with Crippen molar-refractivity contribution in [1.82, 2.24) is 0 Å². The van der Waals surface area contributed by atoms with Crippen LogP contribution < -0.4 is 4.72 Å². The number of sulfonamides is 1. The summed E-state index contributed by atoms with van der Waals surface area (Å²) >= 11 is 0. The molecule has 0 atom stereocenters. The average Bonchev–Trinajstić information content (AvgIpc) is 2.49. The molecule has 0 aromatic heterocycles. The van der Waals surface area contributed by atoms with E-state index in [1.807, 2.05) is 0 Å². The summed E-state index contributed by atoms with van der Waals surface area (Å²) in [6.45, 7) is 1.48. The van der Waals surface area contributed by atoms with E-state index in [4.69, 9.17) is 0 Å². The lowest BCUT2D eigenvalue weighted by Gasteiger charge is -2.11. The van der Waals surface area contributed by atoms with E-state index in [-0.39, 0.29) is 17.0 Å². The zero-order chi connectivity index (χ0) is 15.5. The number of halogens is 1. The predicted molar refractivity (Wildman–Crippen MR) is 79.4 cm³/mol. The molecule has 0 aliphatic rings. The molecular weight excluding hydrogens is 293 g/mol. The van der Waals surface area contributed by atoms with E-state index in [9.17, 15) is 17.6 Å². The molecule has 0 fully saturated rings. The van der Waals surface area contributed by atoms with Gasteiger partial charge in [-0.3, -0.25) is 9.52 Å². The number of hydrogen-bond donors (Lipinski definition) is 1.